The van der Waals surface area contributed by atoms with Crippen LogP contribution in [-0.4, -0.2) is 25.9 Å². The number of hydrogen-bond donors (Lipinski definition) is 0. The Morgan fingerprint density at radius 2 is 2.15 bits per heavy atom. The van der Waals surface area contributed by atoms with Gasteiger partial charge in [-0.15, -0.1) is 0 Å². The second-order valence-electron chi connectivity index (χ2n) is 3.52. The van der Waals surface area contributed by atoms with E-state index in [0.717, 1.165) is 32.5 Å². The van der Waals surface area contributed by atoms with E-state index >= 15 is 0 Å². The van der Waals surface area contributed by atoms with Crippen LogP contribution in [-0.2, 0) is 14.5 Å². The smallest absolute Gasteiger partial charge is 0.0999 e. The fraction of sp³-hybridized carbons (Fsp3) is 1.00. The van der Waals surface area contributed by atoms with Gasteiger partial charge in [0.25, 0.3) is 0 Å². The standard InChI is InChI=1S/C10H20O3/c1-3-5-6-12-13-10(4-2)9-7-11-8-9/h9-10H,3-8H2,1-2H3. The number of rotatable bonds is 7. The Morgan fingerprint density at radius 3 is 2.62 bits per heavy atom. The molecule has 0 spiro atoms. The van der Waals surface area contributed by atoms with Gasteiger partial charge in [-0.3, -0.25) is 0 Å². The molecule has 0 aromatic rings. The van der Waals surface area contributed by atoms with Gasteiger partial charge in [-0.05, 0) is 12.8 Å². The first kappa shape index (κ1) is 11.0. The highest BCUT2D eigenvalue weighted by Crippen LogP contribution is 2.20. The second-order valence-corrected chi connectivity index (χ2v) is 3.52. The molecule has 0 aliphatic carbocycles. The van der Waals surface area contributed by atoms with Crippen LogP contribution in [0.1, 0.15) is 33.1 Å². The van der Waals surface area contributed by atoms with Gasteiger partial charge < -0.3 is 4.74 Å². The summed E-state index contributed by atoms with van der Waals surface area (Å²) in [6.07, 6.45) is 3.44. The molecule has 1 aliphatic rings. The third-order valence-corrected chi connectivity index (χ3v) is 2.36. The maximum Gasteiger partial charge on any atom is 0.0999 e. The lowest BCUT2D eigenvalue weighted by atomic mass is 9.99. The molecule has 0 bridgehead atoms. The van der Waals surface area contributed by atoms with Crippen molar-refractivity contribution in [3.8, 4) is 0 Å². The van der Waals surface area contributed by atoms with Crippen molar-refractivity contribution in [2.24, 2.45) is 5.92 Å². The minimum Gasteiger partial charge on any atom is -0.380 e. The monoisotopic (exact) mass is 188 g/mol. The Morgan fingerprint density at radius 1 is 1.38 bits per heavy atom. The predicted octanol–water partition coefficient (Wildman–Crippen LogP) is 2.16. The molecule has 1 fully saturated rings. The second kappa shape index (κ2) is 6.35. The average Bonchev–Trinajstić information content (AvgIpc) is 2.07. The van der Waals surface area contributed by atoms with Crippen LogP contribution in [0, 0.1) is 5.92 Å². The topological polar surface area (TPSA) is 27.7 Å². The summed E-state index contributed by atoms with van der Waals surface area (Å²) >= 11 is 0. The normalized spacial score (nSPS) is 19.8. The summed E-state index contributed by atoms with van der Waals surface area (Å²) < 4.78 is 5.11. The molecule has 1 heterocycles. The summed E-state index contributed by atoms with van der Waals surface area (Å²) in [6.45, 7) is 6.62. The fourth-order valence-corrected chi connectivity index (χ4v) is 1.29. The molecule has 0 aromatic carbocycles. The predicted molar refractivity (Wildman–Crippen MR) is 50.3 cm³/mol. The van der Waals surface area contributed by atoms with E-state index in [-0.39, 0.29) is 6.10 Å². The third-order valence-electron chi connectivity index (χ3n) is 2.36. The molecule has 78 valence electrons. The SMILES string of the molecule is CCCCOOC(CC)C1COC1. The Kier molecular flexibility index (Phi) is 5.35. The first-order valence-electron chi connectivity index (χ1n) is 5.24. The van der Waals surface area contributed by atoms with Crippen molar-refractivity contribution >= 4 is 0 Å². The van der Waals surface area contributed by atoms with Crippen LogP contribution in [0.2, 0.25) is 0 Å². The molecule has 0 N–H and O–H groups in total. The van der Waals surface area contributed by atoms with E-state index in [1.54, 1.807) is 0 Å². The van der Waals surface area contributed by atoms with Crippen LogP contribution in [0.5, 0.6) is 0 Å². The van der Waals surface area contributed by atoms with Crippen LogP contribution >= 0.6 is 0 Å². The Hall–Kier alpha value is -0.120. The fourth-order valence-electron chi connectivity index (χ4n) is 1.29. The van der Waals surface area contributed by atoms with Crippen molar-refractivity contribution in [2.75, 3.05) is 19.8 Å². The summed E-state index contributed by atoms with van der Waals surface area (Å²) in [7, 11) is 0. The van der Waals surface area contributed by atoms with Gasteiger partial charge in [0.2, 0.25) is 0 Å². The van der Waals surface area contributed by atoms with Crippen molar-refractivity contribution in [1.82, 2.24) is 0 Å². The molecule has 1 unspecified atom stereocenters. The van der Waals surface area contributed by atoms with Crippen molar-refractivity contribution in [3.63, 3.8) is 0 Å². The molecule has 0 saturated carbocycles. The highest BCUT2D eigenvalue weighted by Gasteiger charge is 2.28. The van der Waals surface area contributed by atoms with Crippen molar-refractivity contribution in [1.29, 1.82) is 0 Å². The van der Waals surface area contributed by atoms with Crippen LogP contribution < -0.4 is 0 Å². The van der Waals surface area contributed by atoms with Crippen LogP contribution in [0.15, 0.2) is 0 Å². The molecule has 0 amide bonds. The van der Waals surface area contributed by atoms with Crippen molar-refractivity contribution in [2.45, 2.75) is 39.2 Å². The van der Waals surface area contributed by atoms with Gasteiger partial charge in [-0.2, -0.15) is 0 Å². The quantitative estimate of drug-likeness (QED) is 0.348. The molecule has 1 aliphatic heterocycles. The number of hydrogen-bond acceptors (Lipinski definition) is 3. The average molecular weight is 188 g/mol. The molecule has 1 saturated heterocycles. The Balaban J connectivity index is 2.02. The highest BCUT2D eigenvalue weighted by molar-refractivity contribution is 4.73. The van der Waals surface area contributed by atoms with Crippen molar-refractivity contribution in [3.05, 3.63) is 0 Å². The minimum atomic E-state index is 0.227. The zero-order valence-electron chi connectivity index (χ0n) is 8.62. The Bertz CT molecular complexity index is 123. The molecular formula is C10H20O3. The van der Waals surface area contributed by atoms with E-state index < -0.39 is 0 Å². The molecule has 13 heavy (non-hydrogen) atoms. The summed E-state index contributed by atoms with van der Waals surface area (Å²) in [5.74, 6) is 0.548. The molecule has 3 heteroatoms. The lowest BCUT2D eigenvalue weighted by molar-refractivity contribution is -0.345. The zero-order chi connectivity index (χ0) is 9.52. The number of ether oxygens (including phenoxy) is 1. The molecule has 0 radical (unpaired) electrons. The van der Waals surface area contributed by atoms with Gasteiger partial charge in [0.05, 0.1) is 25.9 Å². The molecule has 0 aromatic heterocycles. The van der Waals surface area contributed by atoms with Gasteiger partial charge in [0.1, 0.15) is 0 Å². The third kappa shape index (κ3) is 3.63. The van der Waals surface area contributed by atoms with Gasteiger partial charge in [-0.1, -0.05) is 20.3 Å². The molecule has 3 nitrogen and oxygen atoms in total. The van der Waals surface area contributed by atoms with E-state index in [2.05, 4.69) is 13.8 Å². The first-order valence-corrected chi connectivity index (χ1v) is 5.24. The van der Waals surface area contributed by atoms with Gasteiger partial charge >= 0.3 is 0 Å². The minimum absolute atomic E-state index is 0.227. The summed E-state index contributed by atoms with van der Waals surface area (Å²) in [4.78, 5) is 10.4. The van der Waals surface area contributed by atoms with E-state index in [1.165, 1.54) is 0 Å². The van der Waals surface area contributed by atoms with Gasteiger partial charge in [0.15, 0.2) is 0 Å². The van der Waals surface area contributed by atoms with Crippen LogP contribution in [0.25, 0.3) is 0 Å². The van der Waals surface area contributed by atoms with E-state index in [1.807, 2.05) is 0 Å². The molecule has 1 atom stereocenters. The maximum atomic E-state index is 5.32. The van der Waals surface area contributed by atoms with Gasteiger partial charge in [0, 0.05) is 5.92 Å². The Labute approximate surface area is 80.3 Å². The number of unbranched alkanes of at least 4 members (excludes halogenated alkanes) is 1. The van der Waals surface area contributed by atoms with Gasteiger partial charge in [-0.25, -0.2) is 9.78 Å². The van der Waals surface area contributed by atoms with Crippen molar-refractivity contribution < 1.29 is 14.5 Å². The largest absolute Gasteiger partial charge is 0.380 e. The summed E-state index contributed by atoms with van der Waals surface area (Å²) in [5, 5.41) is 0. The molecular weight excluding hydrogens is 168 g/mol. The maximum absolute atomic E-state index is 5.32. The zero-order valence-corrected chi connectivity index (χ0v) is 8.62. The summed E-state index contributed by atoms with van der Waals surface area (Å²) in [5.41, 5.74) is 0. The summed E-state index contributed by atoms with van der Waals surface area (Å²) in [6, 6.07) is 0. The lowest BCUT2D eigenvalue weighted by Crippen LogP contribution is -2.39. The van der Waals surface area contributed by atoms with Crippen LogP contribution in [0.4, 0.5) is 0 Å². The van der Waals surface area contributed by atoms with E-state index in [4.69, 9.17) is 14.5 Å². The molecule has 1 rings (SSSR count). The van der Waals surface area contributed by atoms with E-state index in [0.29, 0.717) is 12.5 Å². The van der Waals surface area contributed by atoms with E-state index in [9.17, 15) is 0 Å². The lowest BCUT2D eigenvalue weighted by Gasteiger charge is -2.31. The highest BCUT2D eigenvalue weighted by atomic mass is 17.2. The first-order chi connectivity index (χ1) is 6.38. The van der Waals surface area contributed by atoms with Crippen LogP contribution in [0.3, 0.4) is 0 Å².